The van der Waals surface area contributed by atoms with Crippen LogP contribution in [-0.2, 0) is 21.5 Å². The molecule has 0 amide bonds. The first kappa shape index (κ1) is 21.0. The van der Waals surface area contributed by atoms with Crippen molar-refractivity contribution in [3.8, 4) is 11.3 Å². The number of fused-ring (bicyclic) bond motifs is 7. The molecule has 3 aromatic rings. The fourth-order valence-corrected chi connectivity index (χ4v) is 6.78. The van der Waals surface area contributed by atoms with Crippen molar-refractivity contribution in [3.05, 3.63) is 59.2 Å². The van der Waals surface area contributed by atoms with Gasteiger partial charge >= 0.3 is 5.97 Å². The molecule has 6 rings (SSSR count). The van der Waals surface area contributed by atoms with Crippen molar-refractivity contribution in [2.75, 3.05) is 7.11 Å². The van der Waals surface area contributed by atoms with E-state index in [2.05, 4.69) is 67.8 Å². The van der Waals surface area contributed by atoms with Crippen LogP contribution in [0, 0.1) is 5.41 Å². The zero-order chi connectivity index (χ0) is 23.0. The van der Waals surface area contributed by atoms with E-state index in [9.17, 15) is 4.79 Å². The number of hydrogen-bond donors (Lipinski definition) is 0. The molecule has 0 radical (unpaired) electrons. The maximum Gasteiger partial charge on any atom is 0.314 e. The van der Waals surface area contributed by atoms with Crippen molar-refractivity contribution < 1.29 is 9.53 Å². The predicted octanol–water partition coefficient (Wildman–Crippen LogP) is 7.31. The Labute approximate surface area is 197 Å². The molecular weight excluding hydrogens is 406 g/mol. The van der Waals surface area contributed by atoms with Crippen LogP contribution in [0.15, 0.2) is 42.5 Å². The van der Waals surface area contributed by atoms with Crippen molar-refractivity contribution in [1.82, 2.24) is 4.57 Å². The Bertz CT molecular complexity index is 1250. The van der Waals surface area contributed by atoms with Gasteiger partial charge in [0.1, 0.15) is 0 Å². The number of nitrogens with zero attached hydrogens (tertiary/aromatic N) is 1. The summed E-state index contributed by atoms with van der Waals surface area (Å²) >= 11 is 0. The van der Waals surface area contributed by atoms with E-state index < -0.39 is 5.41 Å². The van der Waals surface area contributed by atoms with Crippen LogP contribution < -0.4 is 0 Å². The number of methoxy groups -OCH3 is 1. The number of aromatic nitrogens is 1. The van der Waals surface area contributed by atoms with Crippen LogP contribution in [0.3, 0.4) is 0 Å². The van der Waals surface area contributed by atoms with Crippen molar-refractivity contribution in [2.45, 2.75) is 83.1 Å². The monoisotopic (exact) mass is 441 g/mol. The summed E-state index contributed by atoms with van der Waals surface area (Å²) in [5.41, 5.74) is 7.84. The van der Waals surface area contributed by atoms with Gasteiger partial charge in [-0.2, -0.15) is 0 Å². The largest absolute Gasteiger partial charge is 0.469 e. The van der Waals surface area contributed by atoms with Gasteiger partial charge < -0.3 is 9.30 Å². The highest BCUT2D eigenvalue weighted by atomic mass is 16.5. The summed E-state index contributed by atoms with van der Waals surface area (Å²) in [6.07, 6.45) is 7.39. The molecule has 172 valence electrons. The lowest BCUT2D eigenvalue weighted by Gasteiger charge is -2.24. The minimum atomic E-state index is -0.441. The van der Waals surface area contributed by atoms with E-state index in [0.29, 0.717) is 12.5 Å². The van der Waals surface area contributed by atoms with Gasteiger partial charge in [0.15, 0.2) is 0 Å². The molecule has 2 saturated carbocycles. The second kappa shape index (κ2) is 7.22. The van der Waals surface area contributed by atoms with Gasteiger partial charge in [-0.3, -0.25) is 4.79 Å². The second-order valence-electron chi connectivity index (χ2n) is 11.7. The van der Waals surface area contributed by atoms with Crippen LogP contribution in [0.2, 0.25) is 0 Å². The minimum absolute atomic E-state index is 0.0526. The van der Waals surface area contributed by atoms with Crippen LogP contribution >= 0.6 is 0 Å². The standard InChI is InChI=1S/C30H35NO2/c1-29(2,3)20-14-15-23-25(16-20)31-18-30(28(32)33-4)17-24(30)21-12-8-9-13-22(21)27(31)26(23)19-10-6-5-7-11-19/h8-9,12-16,19,24H,5-7,10-11,17-18H2,1-4H3. The average Bonchev–Trinajstić information content (AvgIpc) is 3.49. The molecule has 3 heteroatoms. The maximum atomic E-state index is 13.1. The maximum absolute atomic E-state index is 13.1. The van der Waals surface area contributed by atoms with Gasteiger partial charge in [0.05, 0.1) is 18.2 Å². The topological polar surface area (TPSA) is 31.2 Å². The molecule has 0 spiro atoms. The van der Waals surface area contributed by atoms with E-state index in [1.807, 2.05) is 0 Å². The molecule has 33 heavy (non-hydrogen) atoms. The van der Waals surface area contributed by atoms with E-state index in [-0.39, 0.29) is 17.3 Å². The zero-order valence-corrected chi connectivity index (χ0v) is 20.4. The highest BCUT2D eigenvalue weighted by molar-refractivity contribution is 5.95. The molecule has 0 saturated heterocycles. The van der Waals surface area contributed by atoms with E-state index in [1.54, 1.807) is 7.11 Å². The number of rotatable bonds is 2. The lowest BCUT2D eigenvalue weighted by atomic mass is 9.80. The smallest absolute Gasteiger partial charge is 0.314 e. The fourth-order valence-electron chi connectivity index (χ4n) is 6.78. The third kappa shape index (κ3) is 3.04. The Morgan fingerprint density at radius 2 is 1.82 bits per heavy atom. The third-order valence-corrected chi connectivity index (χ3v) is 8.68. The van der Waals surface area contributed by atoms with Gasteiger partial charge in [-0.15, -0.1) is 0 Å². The summed E-state index contributed by atoms with van der Waals surface area (Å²) in [7, 11) is 1.54. The summed E-state index contributed by atoms with van der Waals surface area (Å²) in [6, 6.07) is 16.0. The Morgan fingerprint density at radius 1 is 1.06 bits per heavy atom. The van der Waals surface area contributed by atoms with Gasteiger partial charge in [0.25, 0.3) is 0 Å². The summed E-state index contributed by atoms with van der Waals surface area (Å²) in [5, 5.41) is 1.39. The first-order chi connectivity index (χ1) is 15.8. The molecule has 2 unspecified atom stereocenters. The average molecular weight is 442 g/mol. The molecule has 1 aromatic heterocycles. The van der Waals surface area contributed by atoms with E-state index in [1.165, 1.54) is 71.0 Å². The van der Waals surface area contributed by atoms with Gasteiger partial charge in [0.2, 0.25) is 0 Å². The fraction of sp³-hybridized carbons (Fsp3) is 0.500. The molecule has 2 fully saturated rings. The van der Waals surface area contributed by atoms with Gasteiger partial charge in [-0.05, 0) is 53.4 Å². The van der Waals surface area contributed by atoms with Crippen LogP contribution in [0.5, 0.6) is 0 Å². The number of esters is 1. The van der Waals surface area contributed by atoms with Crippen LogP contribution in [0.1, 0.15) is 87.8 Å². The molecule has 2 aliphatic carbocycles. The second-order valence-corrected chi connectivity index (χ2v) is 11.7. The van der Waals surface area contributed by atoms with Crippen molar-refractivity contribution in [1.29, 1.82) is 0 Å². The predicted molar refractivity (Wildman–Crippen MR) is 134 cm³/mol. The molecule has 3 nitrogen and oxygen atoms in total. The molecule has 3 aliphatic rings. The van der Waals surface area contributed by atoms with Crippen LogP contribution in [0.4, 0.5) is 0 Å². The molecule has 0 N–H and O–H groups in total. The molecule has 1 aliphatic heterocycles. The summed E-state index contributed by atoms with van der Waals surface area (Å²) in [4.78, 5) is 13.1. The Balaban J connectivity index is 1.68. The number of ether oxygens (including phenoxy) is 1. The van der Waals surface area contributed by atoms with Crippen molar-refractivity contribution >= 4 is 16.9 Å². The number of carbonyl (C=O) groups excluding carboxylic acids is 1. The summed E-state index contributed by atoms with van der Waals surface area (Å²) in [6.45, 7) is 7.56. The molecule has 0 bridgehead atoms. The lowest BCUT2D eigenvalue weighted by Crippen LogP contribution is -2.24. The molecular formula is C30H35NO2. The minimum Gasteiger partial charge on any atom is -0.469 e. The zero-order valence-electron chi connectivity index (χ0n) is 20.4. The van der Waals surface area contributed by atoms with Crippen LogP contribution in [-0.4, -0.2) is 17.6 Å². The first-order valence-corrected chi connectivity index (χ1v) is 12.7. The number of hydrogen-bond acceptors (Lipinski definition) is 2. The third-order valence-electron chi connectivity index (χ3n) is 8.68. The summed E-state index contributed by atoms with van der Waals surface area (Å²) < 4.78 is 7.89. The SMILES string of the molecule is COC(=O)C12CC1c1ccccc1-c1c(C3CCCCC3)c3ccc(C(C)(C)C)cc3n1C2. The Kier molecular flexibility index (Phi) is 4.60. The Hall–Kier alpha value is -2.55. The van der Waals surface area contributed by atoms with Gasteiger partial charge in [-0.1, -0.05) is 76.4 Å². The van der Waals surface area contributed by atoms with Gasteiger partial charge in [-0.25, -0.2) is 0 Å². The first-order valence-electron chi connectivity index (χ1n) is 12.7. The number of carbonyl (C=O) groups is 1. The van der Waals surface area contributed by atoms with Crippen LogP contribution in [0.25, 0.3) is 22.2 Å². The molecule has 2 aromatic carbocycles. The quantitative estimate of drug-likeness (QED) is 0.390. The normalized spacial score (nSPS) is 24.5. The highest BCUT2D eigenvalue weighted by Crippen LogP contribution is 2.65. The molecule has 2 atom stereocenters. The molecule has 2 heterocycles. The van der Waals surface area contributed by atoms with Gasteiger partial charge in [0, 0.05) is 28.9 Å². The van der Waals surface area contributed by atoms with E-state index in [4.69, 9.17) is 4.74 Å². The van der Waals surface area contributed by atoms with E-state index >= 15 is 0 Å². The van der Waals surface area contributed by atoms with E-state index in [0.717, 1.165) is 6.42 Å². The lowest BCUT2D eigenvalue weighted by molar-refractivity contribution is -0.147. The number of benzene rings is 2. The summed E-state index contributed by atoms with van der Waals surface area (Å²) in [5.74, 6) is 0.791. The van der Waals surface area contributed by atoms with Crippen molar-refractivity contribution in [3.63, 3.8) is 0 Å². The highest BCUT2D eigenvalue weighted by Gasteiger charge is 2.63. The Morgan fingerprint density at radius 3 is 2.55 bits per heavy atom. The van der Waals surface area contributed by atoms with Crippen molar-refractivity contribution in [2.24, 2.45) is 5.41 Å².